The summed E-state index contributed by atoms with van der Waals surface area (Å²) in [7, 11) is 0. The number of hydrogen-bond acceptors (Lipinski definition) is 1. The Labute approximate surface area is 73.1 Å². The lowest BCUT2D eigenvalue weighted by Gasteiger charge is -2.17. The molecule has 0 fully saturated rings. The lowest BCUT2D eigenvalue weighted by atomic mass is 9.88. The third-order valence-electron chi connectivity index (χ3n) is 2.49. The topological polar surface area (TPSA) is 13.1 Å². The minimum absolute atomic E-state index is 0.321. The molecule has 0 amide bonds. The van der Waals surface area contributed by atoms with E-state index in [1.165, 1.54) is 12.0 Å². The van der Waals surface area contributed by atoms with Gasteiger partial charge in [0.15, 0.2) is 0 Å². The monoisotopic (exact) mass is 162 g/mol. The predicted octanol–water partition coefficient (Wildman–Crippen LogP) is 3.27. The normalized spacial score (nSPS) is 20.2. The van der Waals surface area contributed by atoms with Gasteiger partial charge in [-0.2, -0.15) is 0 Å². The predicted molar refractivity (Wildman–Crippen MR) is 49.8 cm³/mol. The molecule has 0 saturated carbocycles. The van der Waals surface area contributed by atoms with E-state index in [4.69, 9.17) is 4.42 Å². The van der Waals surface area contributed by atoms with Crippen LogP contribution in [0.4, 0.5) is 0 Å². The Bertz CT molecular complexity index is 305. The van der Waals surface area contributed by atoms with Gasteiger partial charge in [0.1, 0.15) is 5.76 Å². The van der Waals surface area contributed by atoms with E-state index < -0.39 is 0 Å². The first-order chi connectivity index (χ1) is 5.67. The van der Waals surface area contributed by atoms with Crippen molar-refractivity contribution in [1.29, 1.82) is 0 Å². The zero-order valence-electron chi connectivity index (χ0n) is 7.63. The lowest BCUT2D eigenvalue weighted by molar-refractivity contribution is 0.411. The van der Waals surface area contributed by atoms with Crippen molar-refractivity contribution in [2.75, 3.05) is 0 Å². The van der Waals surface area contributed by atoms with Gasteiger partial charge in [0.2, 0.25) is 0 Å². The van der Waals surface area contributed by atoms with Gasteiger partial charge in [-0.25, -0.2) is 0 Å². The molecule has 0 unspecified atom stereocenters. The first kappa shape index (κ1) is 7.66. The van der Waals surface area contributed by atoms with Crippen molar-refractivity contribution in [2.24, 2.45) is 5.41 Å². The summed E-state index contributed by atoms with van der Waals surface area (Å²) < 4.78 is 5.38. The maximum absolute atomic E-state index is 5.38. The Morgan fingerprint density at radius 3 is 3.08 bits per heavy atom. The lowest BCUT2D eigenvalue weighted by Crippen LogP contribution is -2.06. The molecule has 64 valence electrons. The van der Waals surface area contributed by atoms with Crippen molar-refractivity contribution in [3.63, 3.8) is 0 Å². The maximum Gasteiger partial charge on any atom is 0.110 e. The summed E-state index contributed by atoms with van der Waals surface area (Å²) >= 11 is 0. The molecule has 1 aliphatic carbocycles. The molecule has 1 aliphatic rings. The molecule has 0 radical (unpaired) electrons. The summed E-state index contributed by atoms with van der Waals surface area (Å²) in [5, 5.41) is 0. The largest absolute Gasteiger partial charge is 0.469 e. The molecule has 0 atom stereocenters. The van der Waals surface area contributed by atoms with Crippen LogP contribution in [0, 0.1) is 5.41 Å². The van der Waals surface area contributed by atoms with Gasteiger partial charge in [0, 0.05) is 12.0 Å². The fourth-order valence-corrected chi connectivity index (χ4v) is 1.54. The highest BCUT2D eigenvalue weighted by Gasteiger charge is 2.18. The second kappa shape index (κ2) is 2.51. The minimum Gasteiger partial charge on any atom is -0.469 e. The van der Waals surface area contributed by atoms with E-state index in [0.29, 0.717) is 5.41 Å². The minimum atomic E-state index is 0.321. The Balaban J connectivity index is 2.36. The summed E-state index contributed by atoms with van der Waals surface area (Å²) in [5.41, 5.74) is 1.57. The molecule has 0 N–H and O–H groups in total. The first-order valence-electron chi connectivity index (χ1n) is 4.43. The standard InChI is InChI=1S/C11H14O/c1-11(2)6-3-9-5-8-12-10(9)4-7-11/h3,5-6,8H,4,7H2,1-2H3. The zero-order valence-corrected chi connectivity index (χ0v) is 7.63. The summed E-state index contributed by atoms with van der Waals surface area (Å²) in [6.45, 7) is 4.52. The van der Waals surface area contributed by atoms with E-state index in [0.717, 1.165) is 12.2 Å². The highest BCUT2D eigenvalue weighted by Crippen LogP contribution is 2.30. The third-order valence-corrected chi connectivity index (χ3v) is 2.49. The van der Waals surface area contributed by atoms with Gasteiger partial charge in [0.05, 0.1) is 6.26 Å². The number of fused-ring (bicyclic) bond motifs is 1. The van der Waals surface area contributed by atoms with Crippen LogP contribution in [-0.4, -0.2) is 0 Å². The van der Waals surface area contributed by atoms with E-state index in [9.17, 15) is 0 Å². The van der Waals surface area contributed by atoms with Crippen molar-refractivity contribution in [3.8, 4) is 0 Å². The van der Waals surface area contributed by atoms with Gasteiger partial charge >= 0.3 is 0 Å². The highest BCUT2D eigenvalue weighted by atomic mass is 16.3. The fourth-order valence-electron chi connectivity index (χ4n) is 1.54. The molecular weight excluding hydrogens is 148 g/mol. The number of furan rings is 1. The van der Waals surface area contributed by atoms with Crippen molar-refractivity contribution in [1.82, 2.24) is 0 Å². The van der Waals surface area contributed by atoms with Crippen LogP contribution in [0.1, 0.15) is 31.6 Å². The molecular formula is C11H14O. The van der Waals surface area contributed by atoms with Crippen LogP contribution >= 0.6 is 0 Å². The number of hydrogen-bond donors (Lipinski definition) is 0. The molecule has 0 aromatic carbocycles. The van der Waals surface area contributed by atoms with E-state index in [-0.39, 0.29) is 0 Å². The molecule has 1 aromatic heterocycles. The molecule has 0 saturated heterocycles. The number of rotatable bonds is 0. The Hall–Kier alpha value is -0.980. The molecule has 1 heterocycles. The van der Waals surface area contributed by atoms with Crippen LogP contribution in [0.2, 0.25) is 0 Å². The maximum atomic E-state index is 5.38. The summed E-state index contributed by atoms with van der Waals surface area (Å²) in [6.07, 6.45) is 8.44. The van der Waals surface area contributed by atoms with Crippen LogP contribution < -0.4 is 0 Å². The Kier molecular flexibility index (Phi) is 1.60. The zero-order chi connectivity index (χ0) is 8.60. The molecule has 1 nitrogen and oxygen atoms in total. The Morgan fingerprint density at radius 2 is 2.25 bits per heavy atom. The van der Waals surface area contributed by atoms with E-state index >= 15 is 0 Å². The van der Waals surface area contributed by atoms with Crippen LogP contribution in [0.15, 0.2) is 22.8 Å². The van der Waals surface area contributed by atoms with Gasteiger partial charge in [-0.3, -0.25) is 0 Å². The SMILES string of the molecule is CC1(C)C=Cc2ccoc2CC1. The van der Waals surface area contributed by atoms with Gasteiger partial charge in [0.25, 0.3) is 0 Å². The van der Waals surface area contributed by atoms with Crippen molar-refractivity contribution >= 4 is 6.08 Å². The molecule has 2 rings (SSSR count). The first-order valence-corrected chi connectivity index (χ1v) is 4.43. The van der Waals surface area contributed by atoms with Crippen molar-refractivity contribution < 1.29 is 4.42 Å². The molecule has 0 aliphatic heterocycles. The second-order valence-electron chi connectivity index (χ2n) is 4.12. The van der Waals surface area contributed by atoms with E-state index in [2.05, 4.69) is 26.0 Å². The van der Waals surface area contributed by atoms with Crippen LogP contribution in [0.3, 0.4) is 0 Å². The number of aryl methyl sites for hydroxylation is 1. The van der Waals surface area contributed by atoms with E-state index in [1.54, 1.807) is 6.26 Å². The van der Waals surface area contributed by atoms with Crippen LogP contribution in [0.5, 0.6) is 0 Å². The average molecular weight is 162 g/mol. The quantitative estimate of drug-likeness (QED) is 0.570. The summed E-state index contributed by atoms with van der Waals surface area (Å²) in [6, 6.07) is 2.03. The van der Waals surface area contributed by atoms with Crippen LogP contribution in [-0.2, 0) is 6.42 Å². The fraction of sp³-hybridized carbons (Fsp3) is 0.455. The number of allylic oxidation sites excluding steroid dienone is 1. The smallest absolute Gasteiger partial charge is 0.110 e. The second-order valence-corrected chi connectivity index (χ2v) is 4.12. The Morgan fingerprint density at radius 1 is 1.42 bits per heavy atom. The summed E-state index contributed by atoms with van der Waals surface area (Å²) in [4.78, 5) is 0. The van der Waals surface area contributed by atoms with Gasteiger partial charge in [-0.05, 0) is 17.9 Å². The highest BCUT2D eigenvalue weighted by molar-refractivity contribution is 5.52. The molecule has 1 heteroatoms. The average Bonchev–Trinajstić information content (AvgIpc) is 2.40. The molecule has 0 spiro atoms. The van der Waals surface area contributed by atoms with Crippen molar-refractivity contribution in [3.05, 3.63) is 29.7 Å². The van der Waals surface area contributed by atoms with Crippen molar-refractivity contribution in [2.45, 2.75) is 26.7 Å². The molecule has 1 aromatic rings. The van der Waals surface area contributed by atoms with Gasteiger partial charge in [-0.15, -0.1) is 0 Å². The van der Waals surface area contributed by atoms with Gasteiger partial charge in [-0.1, -0.05) is 26.0 Å². The van der Waals surface area contributed by atoms with E-state index in [1.807, 2.05) is 6.07 Å². The molecule has 12 heavy (non-hydrogen) atoms. The van der Waals surface area contributed by atoms with Gasteiger partial charge < -0.3 is 4.42 Å². The van der Waals surface area contributed by atoms with Crippen LogP contribution in [0.25, 0.3) is 6.08 Å². The molecule has 0 bridgehead atoms. The summed E-state index contributed by atoms with van der Waals surface area (Å²) in [5.74, 6) is 1.14. The third kappa shape index (κ3) is 1.31.